The lowest BCUT2D eigenvalue weighted by Crippen LogP contribution is -2.08. The van der Waals surface area contributed by atoms with Crippen LogP contribution in [0.2, 0.25) is 0 Å². The van der Waals surface area contributed by atoms with Gasteiger partial charge in [-0.3, -0.25) is 0 Å². The number of anilines is 1. The highest BCUT2D eigenvalue weighted by Crippen LogP contribution is 2.25. The van der Waals surface area contributed by atoms with E-state index in [0.29, 0.717) is 10.0 Å². The maximum Gasteiger partial charge on any atom is 0.147 e. The molecule has 0 amide bonds. The van der Waals surface area contributed by atoms with Crippen LogP contribution < -0.4 is 5.32 Å². The smallest absolute Gasteiger partial charge is 0.147 e. The third kappa shape index (κ3) is 3.50. The average Bonchev–Trinajstić information content (AvgIpc) is 2.31. The fourth-order valence-electron chi connectivity index (χ4n) is 1.75. The minimum atomic E-state index is -0.653. The molecule has 0 aliphatic carbocycles. The number of hydrogen-bond donors (Lipinski definition) is 1. The molecule has 2 rings (SSSR count). The van der Waals surface area contributed by atoms with E-state index in [1.807, 2.05) is 0 Å². The van der Waals surface area contributed by atoms with Crippen molar-refractivity contribution in [2.45, 2.75) is 13.0 Å². The normalized spacial score (nSPS) is 12.3. The molecule has 0 aliphatic heterocycles. The summed E-state index contributed by atoms with van der Waals surface area (Å²) in [7, 11) is 0. The Morgan fingerprint density at radius 2 is 1.63 bits per heavy atom. The summed E-state index contributed by atoms with van der Waals surface area (Å²) in [5, 5.41) is 2.88. The molecule has 0 spiro atoms. The van der Waals surface area contributed by atoms with Crippen molar-refractivity contribution in [1.29, 1.82) is 0 Å². The van der Waals surface area contributed by atoms with Gasteiger partial charge < -0.3 is 5.32 Å². The Hall–Kier alpha value is -1.49. The molecule has 1 nitrogen and oxygen atoms in total. The van der Waals surface area contributed by atoms with Gasteiger partial charge in [0.25, 0.3) is 0 Å². The van der Waals surface area contributed by atoms with E-state index in [1.165, 1.54) is 18.2 Å². The highest BCUT2D eigenvalue weighted by Gasteiger charge is 2.11. The van der Waals surface area contributed by atoms with Crippen molar-refractivity contribution < 1.29 is 13.2 Å². The number of halogens is 4. The van der Waals surface area contributed by atoms with E-state index >= 15 is 0 Å². The van der Waals surface area contributed by atoms with Crippen molar-refractivity contribution in [3.8, 4) is 0 Å². The molecule has 5 heteroatoms. The summed E-state index contributed by atoms with van der Waals surface area (Å²) in [4.78, 5) is 0. The molecule has 100 valence electrons. The molecule has 0 saturated heterocycles. The summed E-state index contributed by atoms with van der Waals surface area (Å²) in [5.74, 6) is -1.74. The van der Waals surface area contributed by atoms with Gasteiger partial charge in [-0.05, 0) is 42.8 Å². The van der Waals surface area contributed by atoms with Crippen LogP contribution in [-0.2, 0) is 0 Å². The first-order chi connectivity index (χ1) is 8.95. The zero-order valence-electron chi connectivity index (χ0n) is 10.1. The first-order valence-corrected chi connectivity index (χ1v) is 6.42. The molecular formula is C14H11BrF3N. The minimum Gasteiger partial charge on any atom is -0.376 e. The third-order valence-electron chi connectivity index (χ3n) is 2.69. The van der Waals surface area contributed by atoms with Gasteiger partial charge in [-0.2, -0.15) is 0 Å². The Kier molecular flexibility index (Phi) is 4.14. The van der Waals surface area contributed by atoms with Gasteiger partial charge in [0.05, 0.1) is 5.69 Å². The second-order valence-electron chi connectivity index (χ2n) is 4.19. The van der Waals surface area contributed by atoms with Gasteiger partial charge in [-0.1, -0.05) is 15.9 Å². The van der Waals surface area contributed by atoms with Crippen molar-refractivity contribution in [3.05, 3.63) is 63.9 Å². The summed E-state index contributed by atoms with van der Waals surface area (Å²) in [6, 6.07) is 7.39. The molecule has 0 aliphatic rings. The Bertz CT molecular complexity index is 581. The summed E-state index contributed by atoms with van der Waals surface area (Å²) >= 11 is 3.16. The third-order valence-corrected chi connectivity index (χ3v) is 3.18. The molecule has 2 aromatic rings. The van der Waals surface area contributed by atoms with Crippen LogP contribution >= 0.6 is 15.9 Å². The van der Waals surface area contributed by atoms with Gasteiger partial charge in [0.2, 0.25) is 0 Å². The SMILES string of the molecule is CC(Nc1ccc(Br)cc1F)c1cc(F)cc(F)c1. The average molecular weight is 330 g/mol. The zero-order valence-corrected chi connectivity index (χ0v) is 11.6. The number of nitrogens with one attached hydrogen (secondary N) is 1. The minimum absolute atomic E-state index is 0.278. The lowest BCUT2D eigenvalue weighted by Gasteiger charge is -2.16. The number of benzene rings is 2. The van der Waals surface area contributed by atoms with E-state index in [9.17, 15) is 13.2 Å². The fraction of sp³-hybridized carbons (Fsp3) is 0.143. The Morgan fingerprint density at radius 3 is 2.21 bits per heavy atom. The van der Waals surface area contributed by atoms with Gasteiger partial charge in [0.15, 0.2) is 0 Å². The monoisotopic (exact) mass is 329 g/mol. The molecule has 0 heterocycles. The lowest BCUT2D eigenvalue weighted by atomic mass is 10.1. The summed E-state index contributed by atoms with van der Waals surface area (Å²) in [5.41, 5.74) is 0.695. The van der Waals surface area contributed by atoms with Gasteiger partial charge in [0.1, 0.15) is 17.5 Å². The maximum absolute atomic E-state index is 13.6. The van der Waals surface area contributed by atoms with Crippen LogP contribution in [0.3, 0.4) is 0 Å². The van der Waals surface area contributed by atoms with Crippen molar-refractivity contribution in [1.82, 2.24) is 0 Å². The van der Waals surface area contributed by atoms with E-state index in [0.717, 1.165) is 6.07 Å². The molecule has 19 heavy (non-hydrogen) atoms. The standard InChI is InChI=1S/C14H11BrF3N/c1-8(9-4-11(16)7-12(17)5-9)19-14-3-2-10(15)6-13(14)18/h2-8,19H,1H3. The van der Waals surface area contributed by atoms with Crippen LogP contribution in [0.5, 0.6) is 0 Å². The van der Waals surface area contributed by atoms with Gasteiger partial charge in [0, 0.05) is 16.6 Å². The molecule has 0 aromatic heterocycles. The molecular weight excluding hydrogens is 319 g/mol. The van der Waals surface area contributed by atoms with Crippen molar-refractivity contribution >= 4 is 21.6 Å². The van der Waals surface area contributed by atoms with Gasteiger partial charge in [-0.15, -0.1) is 0 Å². The topological polar surface area (TPSA) is 12.0 Å². The van der Waals surface area contributed by atoms with Gasteiger partial charge in [-0.25, -0.2) is 13.2 Å². The van der Waals surface area contributed by atoms with E-state index in [1.54, 1.807) is 19.1 Å². The van der Waals surface area contributed by atoms with Crippen LogP contribution in [0.4, 0.5) is 18.9 Å². The molecule has 0 saturated carbocycles. The first-order valence-electron chi connectivity index (χ1n) is 5.63. The van der Waals surface area contributed by atoms with Gasteiger partial charge >= 0.3 is 0 Å². The van der Waals surface area contributed by atoms with Crippen LogP contribution in [0.25, 0.3) is 0 Å². The van der Waals surface area contributed by atoms with E-state index in [4.69, 9.17) is 0 Å². The van der Waals surface area contributed by atoms with E-state index < -0.39 is 23.5 Å². The zero-order chi connectivity index (χ0) is 14.0. The number of hydrogen-bond acceptors (Lipinski definition) is 1. The molecule has 1 N–H and O–H groups in total. The van der Waals surface area contributed by atoms with Crippen LogP contribution in [0, 0.1) is 17.5 Å². The highest BCUT2D eigenvalue weighted by atomic mass is 79.9. The summed E-state index contributed by atoms with van der Waals surface area (Å²) in [6.07, 6.45) is 0. The highest BCUT2D eigenvalue weighted by molar-refractivity contribution is 9.10. The predicted molar refractivity (Wildman–Crippen MR) is 72.5 cm³/mol. The summed E-state index contributed by atoms with van der Waals surface area (Å²) < 4.78 is 40.5. The number of rotatable bonds is 3. The predicted octanol–water partition coefficient (Wildman–Crippen LogP) is 5.04. The lowest BCUT2D eigenvalue weighted by molar-refractivity contribution is 0.577. The first kappa shape index (κ1) is 13.9. The van der Waals surface area contributed by atoms with Crippen LogP contribution in [-0.4, -0.2) is 0 Å². The van der Waals surface area contributed by atoms with Crippen molar-refractivity contribution in [2.75, 3.05) is 5.32 Å². The Labute approximate surface area is 117 Å². The quantitative estimate of drug-likeness (QED) is 0.831. The molecule has 1 atom stereocenters. The molecule has 0 fully saturated rings. The Balaban J connectivity index is 2.22. The summed E-state index contributed by atoms with van der Waals surface area (Å²) in [6.45, 7) is 1.70. The second kappa shape index (κ2) is 5.65. The van der Waals surface area contributed by atoms with Crippen LogP contribution in [0.1, 0.15) is 18.5 Å². The van der Waals surface area contributed by atoms with Crippen LogP contribution in [0.15, 0.2) is 40.9 Å². The van der Waals surface area contributed by atoms with E-state index in [-0.39, 0.29) is 5.69 Å². The molecule has 0 bridgehead atoms. The molecule has 2 aromatic carbocycles. The Morgan fingerprint density at radius 1 is 1.00 bits per heavy atom. The van der Waals surface area contributed by atoms with E-state index in [2.05, 4.69) is 21.2 Å². The van der Waals surface area contributed by atoms with Crippen molar-refractivity contribution in [2.24, 2.45) is 0 Å². The molecule has 0 radical (unpaired) electrons. The van der Waals surface area contributed by atoms with Crippen molar-refractivity contribution in [3.63, 3.8) is 0 Å². The molecule has 1 unspecified atom stereocenters. The maximum atomic E-state index is 13.6. The largest absolute Gasteiger partial charge is 0.376 e. The fourth-order valence-corrected chi connectivity index (χ4v) is 2.08. The second-order valence-corrected chi connectivity index (χ2v) is 5.11.